The lowest BCUT2D eigenvalue weighted by atomic mass is 10.2. The maximum atomic E-state index is 12.6. The molecule has 1 N–H and O–H groups in total. The summed E-state index contributed by atoms with van der Waals surface area (Å²) in [6.45, 7) is 0. The van der Waals surface area contributed by atoms with Gasteiger partial charge in [0.05, 0.1) is 15.1 Å². The minimum Gasteiger partial charge on any atom is -0.322 e. The third-order valence-corrected chi connectivity index (χ3v) is 7.45. The standard InChI is InChI=1S/C22H19N3O3S2/c1-25(2)30(27,28)18-7-5-6-16(14-18)21(26)23-17-12-10-15(11-13-17)22-24-19-8-3-4-9-20(19)29-22/h3-14H,1-2H3,(H,23,26). The van der Waals surface area contributed by atoms with Crippen molar-refractivity contribution in [1.82, 2.24) is 9.29 Å². The summed E-state index contributed by atoms with van der Waals surface area (Å²) in [7, 11) is -0.699. The number of rotatable bonds is 5. The van der Waals surface area contributed by atoms with Gasteiger partial charge in [0.1, 0.15) is 5.01 Å². The molecule has 30 heavy (non-hydrogen) atoms. The van der Waals surface area contributed by atoms with Crippen molar-refractivity contribution in [2.45, 2.75) is 4.90 Å². The second kappa shape index (κ2) is 7.98. The molecule has 8 heteroatoms. The zero-order chi connectivity index (χ0) is 21.3. The van der Waals surface area contributed by atoms with Crippen molar-refractivity contribution >= 4 is 43.2 Å². The summed E-state index contributed by atoms with van der Waals surface area (Å²) in [5.74, 6) is -0.376. The second-order valence-corrected chi connectivity index (χ2v) is 10.0. The first-order valence-corrected chi connectivity index (χ1v) is 11.4. The molecule has 0 saturated heterocycles. The van der Waals surface area contributed by atoms with Gasteiger partial charge in [-0.1, -0.05) is 18.2 Å². The molecule has 0 atom stereocenters. The minimum atomic E-state index is -3.61. The summed E-state index contributed by atoms with van der Waals surface area (Å²) in [5.41, 5.74) is 2.81. The van der Waals surface area contributed by atoms with Crippen LogP contribution in [0.3, 0.4) is 0 Å². The van der Waals surface area contributed by atoms with Gasteiger partial charge in [-0.2, -0.15) is 0 Å². The van der Waals surface area contributed by atoms with E-state index in [1.807, 2.05) is 36.4 Å². The Kier molecular flexibility index (Phi) is 5.38. The van der Waals surface area contributed by atoms with Crippen LogP contribution in [-0.2, 0) is 10.0 Å². The lowest BCUT2D eigenvalue weighted by molar-refractivity contribution is 0.102. The number of benzene rings is 3. The number of thiazole rings is 1. The fraction of sp³-hybridized carbons (Fsp3) is 0.0909. The van der Waals surface area contributed by atoms with Crippen LogP contribution in [0.4, 0.5) is 5.69 Å². The Morgan fingerprint density at radius 2 is 1.70 bits per heavy atom. The predicted molar refractivity (Wildman–Crippen MR) is 120 cm³/mol. The molecule has 6 nitrogen and oxygen atoms in total. The molecule has 0 aliphatic heterocycles. The largest absolute Gasteiger partial charge is 0.322 e. The van der Waals surface area contributed by atoms with Gasteiger partial charge in [-0.25, -0.2) is 17.7 Å². The highest BCUT2D eigenvalue weighted by Crippen LogP contribution is 2.30. The van der Waals surface area contributed by atoms with Gasteiger partial charge in [0.25, 0.3) is 5.91 Å². The molecule has 152 valence electrons. The molecule has 1 heterocycles. The zero-order valence-corrected chi connectivity index (χ0v) is 18.0. The number of nitrogens with zero attached hydrogens (tertiary/aromatic N) is 2. The van der Waals surface area contributed by atoms with Gasteiger partial charge in [0.2, 0.25) is 10.0 Å². The Morgan fingerprint density at radius 3 is 2.40 bits per heavy atom. The number of aromatic nitrogens is 1. The fourth-order valence-electron chi connectivity index (χ4n) is 2.90. The van der Waals surface area contributed by atoms with Gasteiger partial charge < -0.3 is 5.32 Å². The average Bonchev–Trinajstić information content (AvgIpc) is 3.18. The molecule has 0 saturated carbocycles. The summed E-state index contributed by atoms with van der Waals surface area (Å²) in [6, 6.07) is 21.4. The SMILES string of the molecule is CN(C)S(=O)(=O)c1cccc(C(=O)Nc2ccc(-c3nc4ccccc4s3)cc2)c1. The lowest BCUT2D eigenvalue weighted by Gasteiger charge is -2.12. The Labute approximate surface area is 178 Å². The minimum absolute atomic E-state index is 0.0753. The number of fused-ring (bicyclic) bond motifs is 1. The number of sulfonamides is 1. The molecule has 0 radical (unpaired) electrons. The van der Waals surface area contributed by atoms with Crippen LogP contribution in [-0.4, -0.2) is 37.7 Å². The first-order chi connectivity index (χ1) is 14.3. The van der Waals surface area contributed by atoms with E-state index in [2.05, 4.69) is 10.3 Å². The van der Waals surface area contributed by atoms with Gasteiger partial charge in [-0.3, -0.25) is 4.79 Å². The van der Waals surface area contributed by atoms with E-state index in [-0.39, 0.29) is 16.4 Å². The number of amides is 1. The molecule has 0 fully saturated rings. The maximum absolute atomic E-state index is 12.6. The highest BCUT2D eigenvalue weighted by atomic mass is 32.2. The topological polar surface area (TPSA) is 79.4 Å². The Hall–Kier alpha value is -3.07. The van der Waals surface area contributed by atoms with Crippen molar-refractivity contribution in [3.8, 4) is 10.6 Å². The fourth-order valence-corrected chi connectivity index (χ4v) is 4.82. The summed E-state index contributed by atoms with van der Waals surface area (Å²) in [6.07, 6.45) is 0. The predicted octanol–water partition coefficient (Wildman–Crippen LogP) is 4.47. The number of para-hydroxylation sites is 1. The molecular formula is C22H19N3O3S2. The summed E-state index contributed by atoms with van der Waals surface area (Å²) < 4.78 is 26.8. The van der Waals surface area contributed by atoms with Gasteiger partial charge >= 0.3 is 0 Å². The van der Waals surface area contributed by atoms with Crippen molar-refractivity contribution in [2.24, 2.45) is 0 Å². The number of carbonyl (C=O) groups excluding carboxylic acids is 1. The number of carbonyl (C=O) groups is 1. The van der Waals surface area contributed by atoms with E-state index in [0.717, 1.165) is 25.1 Å². The number of hydrogen-bond acceptors (Lipinski definition) is 5. The van der Waals surface area contributed by atoms with Gasteiger partial charge in [0, 0.05) is 30.9 Å². The van der Waals surface area contributed by atoms with Crippen LogP contribution >= 0.6 is 11.3 Å². The normalized spacial score (nSPS) is 11.7. The summed E-state index contributed by atoms with van der Waals surface area (Å²) in [5, 5.41) is 3.72. The first-order valence-electron chi connectivity index (χ1n) is 9.14. The lowest BCUT2D eigenvalue weighted by Crippen LogP contribution is -2.22. The zero-order valence-electron chi connectivity index (χ0n) is 16.4. The average molecular weight is 438 g/mol. The maximum Gasteiger partial charge on any atom is 0.255 e. The second-order valence-electron chi connectivity index (χ2n) is 6.83. The van der Waals surface area contributed by atoms with E-state index in [1.165, 1.54) is 26.2 Å². The third-order valence-electron chi connectivity index (χ3n) is 4.56. The van der Waals surface area contributed by atoms with Gasteiger partial charge in [-0.15, -0.1) is 11.3 Å². The number of hydrogen-bond donors (Lipinski definition) is 1. The molecule has 1 amide bonds. The Balaban J connectivity index is 1.53. The quantitative estimate of drug-likeness (QED) is 0.500. The van der Waals surface area contributed by atoms with Crippen molar-refractivity contribution in [3.63, 3.8) is 0 Å². The molecule has 0 aliphatic rings. The van der Waals surface area contributed by atoms with Crippen LogP contribution in [0.25, 0.3) is 20.8 Å². The molecule has 4 rings (SSSR count). The van der Waals surface area contributed by atoms with Crippen molar-refractivity contribution in [3.05, 3.63) is 78.4 Å². The van der Waals surface area contributed by atoms with Crippen LogP contribution in [0.15, 0.2) is 77.7 Å². The number of nitrogens with one attached hydrogen (secondary N) is 1. The smallest absolute Gasteiger partial charge is 0.255 e. The highest BCUT2D eigenvalue weighted by Gasteiger charge is 2.18. The summed E-state index contributed by atoms with van der Waals surface area (Å²) >= 11 is 1.61. The van der Waals surface area contributed by atoms with Crippen LogP contribution in [0.5, 0.6) is 0 Å². The van der Waals surface area contributed by atoms with Crippen molar-refractivity contribution in [2.75, 3.05) is 19.4 Å². The van der Waals surface area contributed by atoms with E-state index in [4.69, 9.17) is 0 Å². The van der Waals surface area contributed by atoms with Gasteiger partial charge in [-0.05, 0) is 54.6 Å². The van der Waals surface area contributed by atoms with Crippen LogP contribution in [0, 0.1) is 0 Å². The van der Waals surface area contributed by atoms with Gasteiger partial charge in [0.15, 0.2) is 0 Å². The Bertz CT molecular complexity index is 1290. The first kappa shape index (κ1) is 20.2. The molecule has 0 unspecified atom stereocenters. The van der Waals surface area contributed by atoms with E-state index in [1.54, 1.807) is 35.6 Å². The number of anilines is 1. The molecule has 1 aromatic heterocycles. The van der Waals surface area contributed by atoms with Crippen LogP contribution in [0.1, 0.15) is 10.4 Å². The van der Waals surface area contributed by atoms with Crippen LogP contribution in [0.2, 0.25) is 0 Å². The van der Waals surface area contributed by atoms with Crippen molar-refractivity contribution < 1.29 is 13.2 Å². The molecule has 0 aliphatic carbocycles. The molecule has 3 aromatic carbocycles. The monoisotopic (exact) mass is 437 g/mol. The van der Waals surface area contributed by atoms with E-state index in [9.17, 15) is 13.2 Å². The third kappa shape index (κ3) is 3.97. The summed E-state index contributed by atoms with van der Waals surface area (Å²) in [4.78, 5) is 17.3. The van der Waals surface area contributed by atoms with E-state index in [0.29, 0.717) is 5.69 Å². The highest BCUT2D eigenvalue weighted by molar-refractivity contribution is 7.89. The van der Waals surface area contributed by atoms with Crippen LogP contribution < -0.4 is 5.32 Å². The molecule has 0 spiro atoms. The molecule has 4 aromatic rings. The van der Waals surface area contributed by atoms with Crippen molar-refractivity contribution in [1.29, 1.82) is 0 Å². The molecule has 0 bridgehead atoms. The Morgan fingerprint density at radius 1 is 0.967 bits per heavy atom. The van der Waals surface area contributed by atoms with E-state index >= 15 is 0 Å². The van der Waals surface area contributed by atoms with E-state index < -0.39 is 10.0 Å². The molecular weight excluding hydrogens is 418 g/mol.